The number of rotatable bonds is 3. The average molecular weight is 275 g/mol. The minimum absolute atomic E-state index is 0.0818. The van der Waals surface area contributed by atoms with Crippen LogP contribution in [0.3, 0.4) is 0 Å². The molecule has 0 saturated heterocycles. The number of para-hydroxylation sites is 1. The Morgan fingerprint density at radius 2 is 1.84 bits per heavy atom. The van der Waals surface area contributed by atoms with Gasteiger partial charge in [0, 0.05) is 5.02 Å². The van der Waals surface area contributed by atoms with E-state index in [-0.39, 0.29) is 11.3 Å². The fraction of sp³-hybridized carbons (Fsp3) is 0. The Morgan fingerprint density at radius 1 is 1.16 bits per heavy atom. The summed E-state index contributed by atoms with van der Waals surface area (Å²) in [6.07, 6.45) is 1.49. The summed E-state index contributed by atoms with van der Waals surface area (Å²) in [5, 5.41) is 13.9. The van der Waals surface area contributed by atoms with Gasteiger partial charge in [0.15, 0.2) is 0 Å². The smallest absolute Gasteiger partial charge is 0.275 e. The van der Waals surface area contributed by atoms with E-state index >= 15 is 0 Å². The molecule has 2 rings (SSSR count). The molecule has 0 saturated carbocycles. The normalized spacial score (nSPS) is 10.6. The van der Waals surface area contributed by atoms with Gasteiger partial charge in [0.1, 0.15) is 5.75 Å². The SMILES string of the molecule is O=C(N/N=C/c1ccc(Cl)cc1)c1ccccc1O. The van der Waals surface area contributed by atoms with Crippen LogP contribution in [0, 0.1) is 0 Å². The van der Waals surface area contributed by atoms with E-state index in [9.17, 15) is 9.90 Å². The quantitative estimate of drug-likeness (QED) is 0.668. The zero-order valence-electron chi connectivity index (χ0n) is 9.88. The highest BCUT2D eigenvalue weighted by Gasteiger charge is 2.08. The molecule has 0 spiro atoms. The molecule has 96 valence electrons. The van der Waals surface area contributed by atoms with E-state index in [2.05, 4.69) is 10.5 Å². The number of aromatic hydroxyl groups is 1. The van der Waals surface area contributed by atoms with Crippen molar-refractivity contribution in [1.82, 2.24) is 5.43 Å². The summed E-state index contributed by atoms with van der Waals surface area (Å²) in [7, 11) is 0. The van der Waals surface area contributed by atoms with Crippen molar-refractivity contribution in [2.24, 2.45) is 5.10 Å². The number of hydrogen-bond donors (Lipinski definition) is 2. The van der Waals surface area contributed by atoms with Gasteiger partial charge in [-0.1, -0.05) is 35.9 Å². The van der Waals surface area contributed by atoms with E-state index in [1.807, 2.05) is 0 Å². The van der Waals surface area contributed by atoms with E-state index in [1.54, 1.807) is 36.4 Å². The summed E-state index contributed by atoms with van der Waals surface area (Å²) >= 11 is 5.75. The number of carbonyl (C=O) groups excluding carboxylic acids is 1. The van der Waals surface area contributed by atoms with Gasteiger partial charge in [0.25, 0.3) is 5.91 Å². The molecular weight excluding hydrogens is 264 g/mol. The van der Waals surface area contributed by atoms with Gasteiger partial charge in [0.05, 0.1) is 11.8 Å². The first-order valence-corrected chi connectivity index (χ1v) is 5.91. The van der Waals surface area contributed by atoms with Crippen molar-refractivity contribution in [3.05, 3.63) is 64.7 Å². The van der Waals surface area contributed by atoms with Crippen LogP contribution >= 0.6 is 11.6 Å². The minimum atomic E-state index is -0.469. The van der Waals surface area contributed by atoms with Crippen molar-refractivity contribution in [2.45, 2.75) is 0 Å². The van der Waals surface area contributed by atoms with E-state index < -0.39 is 5.91 Å². The Balaban J connectivity index is 2.01. The molecule has 4 nitrogen and oxygen atoms in total. The van der Waals surface area contributed by atoms with Crippen molar-refractivity contribution in [2.75, 3.05) is 0 Å². The molecule has 0 aromatic heterocycles. The van der Waals surface area contributed by atoms with E-state index in [0.717, 1.165) is 5.56 Å². The van der Waals surface area contributed by atoms with Crippen molar-refractivity contribution in [3.8, 4) is 5.75 Å². The monoisotopic (exact) mass is 274 g/mol. The van der Waals surface area contributed by atoms with Crippen LogP contribution in [0.1, 0.15) is 15.9 Å². The Labute approximate surface area is 115 Å². The summed E-state index contributed by atoms with van der Waals surface area (Å²) < 4.78 is 0. The molecule has 0 fully saturated rings. The first-order valence-electron chi connectivity index (χ1n) is 5.54. The van der Waals surface area contributed by atoms with Crippen LogP contribution in [0.15, 0.2) is 53.6 Å². The molecule has 0 radical (unpaired) electrons. The standard InChI is InChI=1S/C14H11ClN2O2/c15-11-7-5-10(6-8-11)9-16-17-14(19)12-3-1-2-4-13(12)18/h1-9,18H,(H,17,19)/b16-9+. The van der Waals surface area contributed by atoms with Gasteiger partial charge in [0.2, 0.25) is 0 Å². The average Bonchev–Trinajstić information content (AvgIpc) is 2.41. The molecule has 19 heavy (non-hydrogen) atoms. The van der Waals surface area contributed by atoms with E-state index in [4.69, 9.17) is 11.6 Å². The number of phenols is 1. The first kappa shape index (κ1) is 13.1. The zero-order valence-corrected chi connectivity index (χ0v) is 10.6. The van der Waals surface area contributed by atoms with Crippen molar-refractivity contribution in [3.63, 3.8) is 0 Å². The van der Waals surface area contributed by atoms with Gasteiger partial charge in [-0.05, 0) is 29.8 Å². The summed E-state index contributed by atoms with van der Waals surface area (Å²) in [5.41, 5.74) is 3.32. The second kappa shape index (κ2) is 6.02. The number of nitrogens with zero attached hydrogens (tertiary/aromatic N) is 1. The van der Waals surface area contributed by atoms with Crippen LogP contribution in [0.25, 0.3) is 0 Å². The van der Waals surface area contributed by atoms with Crippen LogP contribution in [-0.2, 0) is 0 Å². The third kappa shape index (κ3) is 3.56. The topological polar surface area (TPSA) is 61.7 Å². The Morgan fingerprint density at radius 3 is 2.53 bits per heavy atom. The van der Waals surface area contributed by atoms with Crippen molar-refractivity contribution < 1.29 is 9.90 Å². The molecule has 2 N–H and O–H groups in total. The number of benzene rings is 2. The molecule has 0 aliphatic heterocycles. The van der Waals surface area contributed by atoms with Gasteiger partial charge in [-0.15, -0.1) is 0 Å². The number of amides is 1. The van der Waals surface area contributed by atoms with E-state index in [0.29, 0.717) is 5.02 Å². The highest BCUT2D eigenvalue weighted by Crippen LogP contribution is 2.14. The van der Waals surface area contributed by atoms with Gasteiger partial charge in [-0.25, -0.2) is 5.43 Å². The van der Waals surface area contributed by atoms with Gasteiger partial charge < -0.3 is 5.11 Å². The lowest BCUT2D eigenvalue weighted by molar-refractivity contribution is 0.0952. The summed E-state index contributed by atoms with van der Waals surface area (Å²) in [4.78, 5) is 11.7. The number of halogens is 1. The van der Waals surface area contributed by atoms with E-state index in [1.165, 1.54) is 18.3 Å². The van der Waals surface area contributed by atoms with Crippen LogP contribution in [0.2, 0.25) is 5.02 Å². The third-order valence-electron chi connectivity index (χ3n) is 2.40. The molecule has 2 aromatic carbocycles. The molecule has 0 unspecified atom stereocenters. The maximum Gasteiger partial charge on any atom is 0.275 e. The second-order valence-corrected chi connectivity index (χ2v) is 4.20. The summed E-state index contributed by atoms with van der Waals surface area (Å²) in [6, 6.07) is 13.3. The molecule has 0 atom stereocenters. The highest BCUT2D eigenvalue weighted by molar-refractivity contribution is 6.30. The summed E-state index contributed by atoms with van der Waals surface area (Å²) in [6.45, 7) is 0. The molecule has 0 aliphatic carbocycles. The third-order valence-corrected chi connectivity index (χ3v) is 2.65. The molecule has 5 heteroatoms. The van der Waals surface area contributed by atoms with Crippen LogP contribution < -0.4 is 5.43 Å². The Bertz CT molecular complexity index is 609. The van der Waals surface area contributed by atoms with Gasteiger partial charge in [-0.3, -0.25) is 4.79 Å². The maximum atomic E-state index is 11.7. The zero-order chi connectivity index (χ0) is 13.7. The number of phenolic OH excluding ortho intramolecular Hbond substituents is 1. The predicted molar refractivity (Wildman–Crippen MR) is 74.6 cm³/mol. The maximum absolute atomic E-state index is 11.7. The number of hydrogen-bond acceptors (Lipinski definition) is 3. The molecule has 0 aliphatic rings. The van der Waals surface area contributed by atoms with Gasteiger partial charge in [-0.2, -0.15) is 5.10 Å². The van der Waals surface area contributed by atoms with Gasteiger partial charge >= 0.3 is 0 Å². The van der Waals surface area contributed by atoms with Crippen molar-refractivity contribution in [1.29, 1.82) is 0 Å². The van der Waals surface area contributed by atoms with Crippen molar-refractivity contribution >= 4 is 23.7 Å². The molecule has 0 bridgehead atoms. The van der Waals surface area contributed by atoms with Crippen LogP contribution in [0.5, 0.6) is 5.75 Å². The molecule has 2 aromatic rings. The van der Waals surface area contributed by atoms with Crippen LogP contribution in [-0.4, -0.2) is 17.2 Å². The second-order valence-electron chi connectivity index (χ2n) is 3.77. The first-order chi connectivity index (χ1) is 9.16. The Hall–Kier alpha value is -2.33. The lowest BCUT2D eigenvalue weighted by atomic mass is 10.2. The number of hydrazone groups is 1. The molecule has 0 heterocycles. The fourth-order valence-corrected chi connectivity index (χ4v) is 1.57. The largest absolute Gasteiger partial charge is 0.507 e. The number of carbonyl (C=O) groups is 1. The fourth-order valence-electron chi connectivity index (χ4n) is 1.44. The lowest BCUT2D eigenvalue weighted by Crippen LogP contribution is -2.17. The Kier molecular flexibility index (Phi) is 4.15. The number of nitrogens with one attached hydrogen (secondary N) is 1. The minimum Gasteiger partial charge on any atom is -0.507 e. The van der Waals surface area contributed by atoms with Crippen LogP contribution in [0.4, 0.5) is 0 Å². The molecular formula is C14H11ClN2O2. The molecule has 1 amide bonds. The summed E-state index contributed by atoms with van der Waals surface area (Å²) in [5.74, 6) is -0.551. The predicted octanol–water partition coefficient (Wildman–Crippen LogP) is 2.81. The lowest BCUT2D eigenvalue weighted by Gasteiger charge is -2.01. The highest BCUT2D eigenvalue weighted by atomic mass is 35.5.